The molecular weight excluding hydrogens is 581 g/mol. The molecule has 0 heterocycles. The Morgan fingerprint density at radius 3 is 0.727 bits per heavy atom. The summed E-state index contributed by atoms with van der Waals surface area (Å²) >= 11 is 0. The first-order valence-electron chi connectivity index (χ1n) is 10.2. The van der Waals surface area contributed by atoms with Gasteiger partial charge in [-0.05, 0) is 27.7 Å². The van der Waals surface area contributed by atoms with Crippen molar-refractivity contribution in [2.24, 2.45) is 0 Å². The molecule has 0 aliphatic carbocycles. The normalized spacial score (nSPS) is 9.09. The average molecular weight is 609 g/mol. The van der Waals surface area contributed by atoms with Crippen LogP contribution >= 0.6 is 0 Å². The van der Waals surface area contributed by atoms with Gasteiger partial charge in [0.1, 0.15) is 0 Å². The van der Waals surface area contributed by atoms with Crippen LogP contribution in [-0.2, 0) is 25.8 Å². The molecule has 0 saturated heterocycles. The fourth-order valence-corrected chi connectivity index (χ4v) is 3.01. The van der Waals surface area contributed by atoms with Crippen LogP contribution in [0, 0.1) is 27.7 Å². The fraction of sp³-hybridized carbons (Fsp3) is 0.143. The topological polar surface area (TPSA) is 28.2 Å². The molecule has 4 rings (SSSR count). The number of para-hydroxylation sites is 4. The van der Waals surface area contributed by atoms with Gasteiger partial charge in [0.2, 0.25) is 0 Å². The van der Waals surface area contributed by atoms with E-state index in [4.69, 9.17) is 0 Å². The Morgan fingerprint density at radius 1 is 0.364 bits per heavy atom. The molecule has 4 aromatic carbocycles. The Labute approximate surface area is 215 Å². The molecule has 168 valence electrons. The number of hydrogen-bond donors (Lipinski definition) is 0. The van der Waals surface area contributed by atoms with Crippen LogP contribution in [0.2, 0.25) is 0 Å². The monoisotopic (exact) mass is 610 g/mol. The van der Waals surface area contributed by atoms with Crippen molar-refractivity contribution in [2.45, 2.75) is 27.7 Å². The van der Waals surface area contributed by atoms with Crippen molar-refractivity contribution in [1.29, 1.82) is 0 Å². The Morgan fingerprint density at radius 2 is 0.545 bits per heavy atom. The van der Waals surface area contributed by atoms with Crippen LogP contribution < -0.4 is 9.41 Å². The van der Waals surface area contributed by atoms with Crippen molar-refractivity contribution in [2.75, 3.05) is 0 Å². The van der Waals surface area contributed by atoms with Gasteiger partial charge in [-0.1, -0.05) is 119 Å². The van der Waals surface area contributed by atoms with E-state index in [0.29, 0.717) is 0 Å². The van der Waals surface area contributed by atoms with Crippen LogP contribution in [-0.4, -0.2) is 0 Å². The summed E-state index contributed by atoms with van der Waals surface area (Å²) in [4.78, 5) is 0. The van der Waals surface area contributed by atoms with E-state index in [1.165, 1.54) is 22.3 Å². The van der Waals surface area contributed by atoms with Gasteiger partial charge in [-0.25, -0.2) is 0 Å². The number of benzene rings is 4. The molecule has 0 amide bonds. The molecule has 0 unspecified atom stereocenters. The molecule has 0 spiro atoms. The summed E-state index contributed by atoms with van der Waals surface area (Å²) in [5, 5.41) is 9.28. The maximum Gasteiger partial charge on any atom is 4.00 e. The van der Waals surface area contributed by atoms with E-state index in [-0.39, 0.29) is 35.3 Å². The van der Waals surface area contributed by atoms with Gasteiger partial charge in [0.15, 0.2) is 0 Å². The first-order valence-corrected chi connectivity index (χ1v) is 10.2. The Bertz CT molecular complexity index is 940. The molecule has 0 bridgehead atoms. The number of nitrogens with zero attached hydrogens (tertiary/aromatic N) is 2. The standard InChI is InChI=1S/2C14H14N.2FH.Hf/c2*1-11-7-3-5-9-13(11)15-14-10-6-4-8-12(14)2;;;/h2*3-10H,1-2H3;2*1H;/q2*-1;;;+4/p-2. The number of hydrogen-bond acceptors (Lipinski definition) is 0. The summed E-state index contributed by atoms with van der Waals surface area (Å²) in [7, 11) is 0. The van der Waals surface area contributed by atoms with Crippen molar-refractivity contribution in [3.05, 3.63) is 130 Å². The SMILES string of the molecule is Cc1ccccc1[N-]c1ccccc1C.Cc1ccccc1[N-]c1ccccc1C.[F-].[F-].[Hf+4]. The smallest absolute Gasteiger partial charge is 1.00 e. The van der Waals surface area contributed by atoms with Crippen LogP contribution in [0.1, 0.15) is 22.3 Å². The Balaban J connectivity index is 0.000000569. The molecular formula is C28H28F2HfN2. The number of rotatable bonds is 4. The summed E-state index contributed by atoms with van der Waals surface area (Å²) in [5.41, 5.74) is 9.03. The first-order chi connectivity index (χ1) is 14.5. The third kappa shape index (κ3) is 8.93. The first kappa shape index (κ1) is 30.2. The molecule has 0 atom stereocenters. The third-order valence-electron chi connectivity index (χ3n) is 4.94. The molecule has 0 N–H and O–H groups in total. The van der Waals surface area contributed by atoms with Crippen molar-refractivity contribution < 1.29 is 35.3 Å². The van der Waals surface area contributed by atoms with Gasteiger partial charge in [-0.3, -0.25) is 0 Å². The molecule has 0 fully saturated rings. The van der Waals surface area contributed by atoms with Gasteiger partial charge in [-0.2, -0.15) is 0 Å². The minimum Gasteiger partial charge on any atom is -1.00 e. The maximum atomic E-state index is 4.64. The van der Waals surface area contributed by atoms with Gasteiger partial charge >= 0.3 is 25.8 Å². The van der Waals surface area contributed by atoms with Crippen LogP contribution in [0.3, 0.4) is 0 Å². The Kier molecular flexibility index (Phi) is 13.8. The zero-order valence-electron chi connectivity index (χ0n) is 19.4. The minimum absolute atomic E-state index is 0. The van der Waals surface area contributed by atoms with Gasteiger partial charge in [0, 0.05) is 0 Å². The molecule has 2 nitrogen and oxygen atoms in total. The predicted octanol–water partition coefficient (Wildman–Crippen LogP) is 3.29. The molecule has 0 aliphatic heterocycles. The summed E-state index contributed by atoms with van der Waals surface area (Å²) < 4.78 is 0. The maximum absolute atomic E-state index is 4.64. The van der Waals surface area contributed by atoms with Crippen molar-refractivity contribution in [3.8, 4) is 0 Å². The van der Waals surface area contributed by atoms with Gasteiger partial charge in [0.25, 0.3) is 0 Å². The summed E-state index contributed by atoms with van der Waals surface area (Å²) in [6.45, 7) is 8.32. The van der Waals surface area contributed by atoms with E-state index in [9.17, 15) is 0 Å². The summed E-state index contributed by atoms with van der Waals surface area (Å²) in [6.07, 6.45) is 0. The second-order valence-corrected chi connectivity index (χ2v) is 7.37. The fourth-order valence-electron chi connectivity index (χ4n) is 3.01. The predicted molar refractivity (Wildman–Crippen MR) is 130 cm³/mol. The van der Waals surface area contributed by atoms with Gasteiger partial charge in [-0.15, -0.1) is 22.7 Å². The van der Waals surface area contributed by atoms with E-state index < -0.39 is 0 Å². The van der Waals surface area contributed by atoms with E-state index in [1.807, 2.05) is 72.8 Å². The van der Waals surface area contributed by atoms with E-state index in [1.54, 1.807) is 0 Å². The second-order valence-electron chi connectivity index (χ2n) is 7.37. The zero-order chi connectivity index (χ0) is 21.3. The van der Waals surface area contributed by atoms with E-state index in [0.717, 1.165) is 22.7 Å². The Hall–Kier alpha value is -2.79. The largest absolute Gasteiger partial charge is 4.00 e. The van der Waals surface area contributed by atoms with Crippen molar-refractivity contribution in [3.63, 3.8) is 0 Å². The average Bonchev–Trinajstić information content (AvgIpc) is 2.75. The van der Waals surface area contributed by atoms with Crippen LogP contribution in [0.15, 0.2) is 97.1 Å². The number of aryl methyl sites for hydroxylation is 4. The molecule has 0 radical (unpaired) electrons. The summed E-state index contributed by atoms with van der Waals surface area (Å²) in [5.74, 6) is 0. The van der Waals surface area contributed by atoms with E-state index in [2.05, 4.69) is 62.6 Å². The van der Waals surface area contributed by atoms with Gasteiger partial charge in [0.05, 0.1) is 0 Å². The van der Waals surface area contributed by atoms with Gasteiger partial charge < -0.3 is 20.0 Å². The molecule has 0 aromatic heterocycles. The molecule has 5 heteroatoms. The summed E-state index contributed by atoms with van der Waals surface area (Å²) in [6, 6.07) is 32.7. The second kappa shape index (κ2) is 15.1. The number of halogens is 2. The quantitative estimate of drug-likeness (QED) is 0.318. The molecule has 4 aromatic rings. The van der Waals surface area contributed by atoms with E-state index >= 15 is 0 Å². The van der Waals surface area contributed by atoms with Crippen molar-refractivity contribution in [1.82, 2.24) is 0 Å². The van der Waals surface area contributed by atoms with Crippen LogP contribution in [0.25, 0.3) is 10.6 Å². The molecule has 0 aliphatic rings. The van der Waals surface area contributed by atoms with Crippen LogP contribution in [0.4, 0.5) is 22.7 Å². The third-order valence-corrected chi connectivity index (χ3v) is 4.94. The van der Waals surface area contributed by atoms with Crippen molar-refractivity contribution >= 4 is 22.7 Å². The molecule has 33 heavy (non-hydrogen) atoms. The zero-order valence-corrected chi connectivity index (χ0v) is 23.0. The van der Waals surface area contributed by atoms with Crippen LogP contribution in [0.5, 0.6) is 0 Å². The molecule has 0 saturated carbocycles. The minimum atomic E-state index is 0.